The van der Waals surface area contributed by atoms with Crippen molar-refractivity contribution in [3.8, 4) is 0 Å². The van der Waals surface area contributed by atoms with Gasteiger partial charge in [0.25, 0.3) is 0 Å². The van der Waals surface area contributed by atoms with Crippen LogP contribution in [0.2, 0.25) is 0 Å². The molecule has 7 nitrogen and oxygen atoms in total. The number of furan rings is 1. The van der Waals surface area contributed by atoms with Gasteiger partial charge in [0.1, 0.15) is 5.76 Å². The van der Waals surface area contributed by atoms with Crippen LogP contribution in [0.4, 0.5) is 5.69 Å². The Balaban J connectivity index is 2.27. The van der Waals surface area contributed by atoms with Crippen LogP contribution in [0.15, 0.2) is 45.9 Å². The first kappa shape index (κ1) is 18.0. The molecule has 130 valence electrons. The minimum Gasteiger partial charge on any atom is -0.478 e. The lowest BCUT2D eigenvalue weighted by Gasteiger charge is -2.14. The third kappa shape index (κ3) is 4.36. The maximum absolute atomic E-state index is 12.3. The quantitative estimate of drug-likeness (QED) is 0.674. The molecule has 0 aliphatic heterocycles. The van der Waals surface area contributed by atoms with Crippen molar-refractivity contribution in [1.29, 1.82) is 0 Å². The average Bonchev–Trinajstić information content (AvgIpc) is 3.05. The van der Waals surface area contributed by atoms with Crippen molar-refractivity contribution in [2.45, 2.75) is 37.8 Å². The standard InChI is InChI=1S/C16H20N2O5S/c1-3-11(2)18-24(21,22)13-6-7-15(14(9-13)16(19)20)17-10-12-5-4-8-23-12/h4-9,11,17-18H,3,10H2,1-2H3,(H,19,20)/t11-/m1/s1. The van der Waals surface area contributed by atoms with Crippen molar-refractivity contribution < 1.29 is 22.7 Å². The molecule has 1 heterocycles. The van der Waals surface area contributed by atoms with Gasteiger partial charge in [-0.1, -0.05) is 6.92 Å². The molecule has 0 radical (unpaired) electrons. The number of hydrogen-bond acceptors (Lipinski definition) is 5. The normalized spacial score (nSPS) is 12.8. The van der Waals surface area contributed by atoms with Crippen LogP contribution in [0, 0.1) is 0 Å². The maximum atomic E-state index is 12.3. The Bertz CT molecular complexity index is 800. The first-order valence-electron chi connectivity index (χ1n) is 7.49. The highest BCUT2D eigenvalue weighted by Crippen LogP contribution is 2.22. The Morgan fingerprint density at radius 1 is 1.33 bits per heavy atom. The number of aromatic carboxylic acids is 1. The lowest BCUT2D eigenvalue weighted by Crippen LogP contribution is -2.32. The van der Waals surface area contributed by atoms with Crippen molar-refractivity contribution in [3.63, 3.8) is 0 Å². The Morgan fingerprint density at radius 3 is 2.67 bits per heavy atom. The van der Waals surface area contributed by atoms with Crippen LogP contribution in [0.25, 0.3) is 0 Å². The summed E-state index contributed by atoms with van der Waals surface area (Å²) in [6.07, 6.45) is 2.15. The number of anilines is 1. The fourth-order valence-corrected chi connectivity index (χ4v) is 3.39. The molecule has 0 saturated heterocycles. The Morgan fingerprint density at radius 2 is 2.08 bits per heavy atom. The first-order valence-corrected chi connectivity index (χ1v) is 8.97. The highest BCUT2D eigenvalue weighted by molar-refractivity contribution is 7.89. The Hall–Kier alpha value is -2.32. The maximum Gasteiger partial charge on any atom is 0.337 e. The van der Waals surface area contributed by atoms with E-state index in [2.05, 4.69) is 10.0 Å². The lowest BCUT2D eigenvalue weighted by molar-refractivity contribution is 0.0697. The number of carbonyl (C=O) groups is 1. The number of rotatable bonds is 8. The summed E-state index contributed by atoms with van der Waals surface area (Å²) in [5.74, 6) is -0.570. The summed E-state index contributed by atoms with van der Waals surface area (Å²) >= 11 is 0. The molecule has 1 aromatic heterocycles. The van der Waals surface area contributed by atoms with Gasteiger partial charge >= 0.3 is 5.97 Å². The Kier molecular flexibility index (Phi) is 5.63. The molecule has 1 aromatic carbocycles. The molecule has 2 aromatic rings. The molecule has 1 atom stereocenters. The van der Waals surface area contributed by atoms with E-state index in [0.717, 1.165) is 6.07 Å². The molecule has 0 saturated carbocycles. The SMILES string of the molecule is CC[C@@H](C)NS(=O)(=O)c1ccc(NCc2ccco2)c(C(=O)O)c1. The minimum atomic E-state index is -3.76. The van der Waals surface area contributed by atoms with Crippen molar-refractivity contribution >= 4 is 21.7 Å². The van der Waals surface area contributed by atoms with Gasteiger partial charge in [-0.2, -0.15) is 0 Å². The zero-order valence-electron chi connectivity index (χ0n) is 13.4. The molecule has 3 N–H and O–H groups in total. The van der Waals surface area contributed by atoms with E-state index in [1.807, 2.05) is 6.92 Å². The molecule has 0 unspecified atom stereocenters. The van der Waals surface area contributed by atoms with Gasteiger partial charge in [-0.25, -0.2) is 17.9 Å². The van der Waals surface area contributed by atoms with Gasteiger partial charge in [-0.3, -0.25) is 0 Å². The lowest BCUT2D eigenvalue weighted by atomic mass is 10.2. The van der Waals surface area contributed by atoms with Gasteiger partial charge in [0.15, 0.2) is 0 Å². The summed E-state index contributed by atoms with van der Waals surface area (Å²) in [7, 11) is -3.76. The van der Waals surface area contributed by atoms with Crippen LogP contribution in [0.1, 0.15) is 36.4 Å². The molecule has 0 amide bonds. The van der Waals surface area contributed by atoms with Crippen LogP contribution >= 0.6 is 0 Å². The summed E-state index contributed by atoms with van der Waals surface area (Å²) in [6.45, 7) is 3.90. The van der Waals surface area contributed by atoms with Gasteiger partial charge < -0.3 is 14.8 Å². The number of carboxylic acid groups (broad SMARTS) is 1. The van der Waals surface area contributed by atoms with Crippen LogP contribution < -0.4 is 10.0 Å². The molecule has 2 rings (SSSR count). The summed E-state index contributed by atoms with van der Waals surface area (Å²) in [5.41, 5.74) is 0.204. The van der Waals surface area contributed by atoms with Crippen molar-refractivity contribution in [2.24, 2.45) is 0 Å². The van der Waals surface area contributed by atoms with E-state index in [1.165, 1.54) is 18.4 Å². The molecule has 24 heavy (non-hydrogen) atoms. The van der Waals surface area contributed by atoms with Crippen LogP contribution in [0.3, 0.4) is 0 Å². The van der Waals surface area contributed by atoms with Gasteiger partial charge in [0.2, 0.25) is 10.0 Å². The van der Waals surface area contributed by atoms with E-state index < -0.39 is 16.0 Å². The molecule has 0 aliphatic rings. The molecule has 0 aliphatic carbocycles. The predicted molar refractivity (Wildman–Crippen MR) is 89.5 cm³/mol. The number of hydrogen-bond donors (Lipinski definition) is 3. The van der Waals surface area contributed by atoms with Crippen LogP contribution in [-0.4, -0.2) is 25.5 Å². The fourth-order valence-electron chi connectivity index (χ4n) is 2.03. The number of carboxylic acids is 1. The second-order valence-corrected chi connectivity index (χ2v) is 7.09. The van der Waals surface area contributed by atoms with Gasteiger partial charge in [-0.05, 0) is 43.7 Å². The zero-order chi connectivity index (χ0) is 17.7. The molecular formula is C16H20N2O5S. The van der Waals surface area contributed by atoms with Gasteiger partial charge in [-0.15, -0.1) is 0 Å². The highest BCUT2D eigenvalue weighted by atomic mass is 32.2. The van der Waals surface area contributed by atoms with E-state index in [4.69, 9.17) is 4.42 Å². The van der Waals surface area contributed by atoms with Crippen LogP contribution in [-0.2, 0) is 16.6 Å². The monoisotopic (exact) mass is 352 g/mol. The second-order valence-electron chi connectivity index (χ2n) is 5.38. The average molecular weight is 352 g/mol. The van der Waals surface area contributed by atoms with Gasteiger partial charge in [0.05, 0.1) is 23.3 Å². The first-order chi connectivity index (χ1) is 11.3. The van der Waals surface area contributed by atoms with Crippen molar-refractivity contribution in [1.82, 2.24) is 4.72 Å². The van der Waals surface area contributed by atoms with Gasteiger partial charge in [0, 0.05) is 11.7 Å². The molecule has 0 spiro atoms. The van der Waals surface area contributed by atoms with E-state index in [9.17, 15) is 18.3 Å². The second kappa shape index (κ2) is 7.50. The van der Waals surface area contributed by atoms with E-state index in [-0.39, 0.29) is 16.5 Å². The molecular weight excluding hydrogens is 332 g/mol. The summed E-state index contributed by atoms with van der Waals surface area (Å²) in [5, 5.41) is 12.3. The summed E-state index contributed by atoms with van der Waals surface area (Å²) in [6, 6.07) is 7.21. The summed E-state index contributed by atoms with van der Waals surface area (Å²) < 4.78 is 32.3. The molecule has 8 heteroatoms. The topological polar surface area (TPSA) is 109 Å². The van der Waals surface area contributed by atoms with E-state index >= 15 is 0 Å². The Labute approximate surface area is 140 Å². The van der Waals surface area contributed by atoms with E-state index in [0.29, 0.717) is 24.4 Å². The van der Waals surface area contributed by atoms with Crippen molar-refractivity contribution in [2.75, 3.05) is 5.32 Å². The predicted octanol–water partition coefficient (Wildman–Crippen LogP) is 2.67. The molecule has 0 fully saturated rings. The number of nitrogens with one attached hydrogen (secondary N) is 2. The van der Waals surface area contributed by atoms with E-state index in [1.54, 1.807) is 19.1 Å². The number of sulfonamides is 1. The smallest absolute Gasteiger partial charge is 0.337 e. The van der Waals surface area contributed by atoms with Crippen LogP contribution in [0.5, 0.6) is 0 Å². The third-order valence-corrected chi connectivity index (χ3v) is 5.12. The molecule has 0 bridgehead atoms. The van der Waals surface area contributed by atoms with Crippen molar-refractivity contribution in [3.05, 3.63) is 47.9 Å². The minimum absolute atomic E-state index is 0.0799. The number of benzene rings is 1. The third-order valence-electron chi connectivity index (χ3n) is 3.53. The summed E-state index contributed by atoms with van der Waals surface area (Å²) in [4.78, 5) is 11.4. The highest BCUT2D eigenvalue weighted by Gasteiger charge is 2.20. The largest absolute Gasteiger partial charge is 0.478 e. The zero-order valence-corrected chi connectivity index (χ0v) is 14.3. The fraction of sp³-hybridized carbons (Fsp3) is 0.312.